The minimum Gasteiger partial charge on any atom is -0.454 e. The van der Waals surface area contributed by atoms with E-state index in [0.717, 1.165) is 36.3 Å². The molecule has 3 aliphatic rings. The number of piperidine rings is 1. The Morgan fingerprint density at radius 1 is 1.00 bits per heavy atom. The molecule has 0 bridgehead atoms. The molecule has 0 aromatic heterocycles. The summed E-state index contributed by atoms with van der Waals surface area (Å²) >= 11 is 0. The van der Waals surface area contributed by atoms with Crippen LogP contribution in [0.2, 0.25) is 0 Å². The highest BCUT2D eigenvalue weighted by Crippen LogP contribution is 2.40. The second-order valence-corrected chi connectivity index (χ2v) is 9.37. The summed E-state index contributed by atoms with van der Waals surface area (Å²) in [6.45, 7) is 2.61. The number of benzene rings is 2. The second-order valence-electron chi connectivity index (χ2n) is 9.37. The number of nitrogens with zero attached hydrogens (tertiary/aromatic N) is 1. The lowest BCUT2D eigenvalue weighted by Crippen LogP contribution is -2.48. The van der Waals surface area contributed by atoms with E-state index in [9.17, 15) is 18.4 Å². The quantitative estimate of drug-likeness (QED) is 0.701. The van der Waals surface area contributed by atoms with Crippen LogP contribution in [-0.4, -0.2) is 56.4 Å². The van der Waals surface area contributed by atoms with Crippen LogP contribution in [0.25, 0.3) is 0 Å². The Morgan fingerprint density at radius 2 is 1.74 bits per heavy atom. The van der Waals surface area contributed by atoms with Gasteiger partial charge in [0, 0.05) is 50.2 Å². The molecule has 0 aliphatic carbocycles. The molecule has 9 heteroatoms. The Labute approximate surface area is 202 Å². The minimum atomic E-state index is -0.875. The van der Waals surface area contributed by atoms with Gasteiger partial charge in [0.25, 0.3) is 5.91 Å². The Bertz CT molecular complexity index is 1110. The molecule has 2 aromatic rings. The lowest BCUT2D eigenvalue weighted by atomic mass is 9.74. The van der Waals surface area contributed by atoms with Crippen LogP contribution in [-0.2, 0) is 14.9 Å². The van der Waals surface area contributed by atoms with Crippen LogP contribution < -0.4 is 14.8 Å². The summed E-state index contributed by atoms with van der Waals surface area (Å²) in [5.41, 5.74) is 0.678. The Morgan fingerprint density at radius 3 is 2.49 bits per heavy atom. The Hall–Kier alpha value is -3.20. The van der Waals surface area contributed by atoms with Crippen molar-refractivity contribution in [2.45, 2.75) is 31.1 Å². The molecular formula is C26H28F2N2O5. The van der Waals surface area contributed by atoms with Gasteiger partial charge in [-0.15, -0.1) is 0 Å². The SMILES string of the molecule is O=C(NCC1(c2ccc3c(c2)OCO3)CCOCC1)C1CCN(C(=O)c2ccc(F)cc2F)CC1. The molecule has 0 atom stereocenters. The number of hydrogen-bond donors (Lipinski definition) is 1. The number of likely N-dealkylation sites (tertiary alicyclic amines) is 1. The van der Waals surface area contributed by atoms with E-state index >= 15 is 0 Å². The van der Waals surface area contributed by atoms with Crippen molar-refractivity contribution in [2.75, 3.05) is 39.6 Å². The summed E-state index contributed by atoms with van der Waals surface area (Å²) in [6, 6.07) is 8.88. The van der Waals surface area contributed by atoms with E-state index in [1.54, 1.807) is 0 Å². The van der Waals surface area contributed by atoms with E-state index in [2.05, 4.69) is 5.32 Å². The first-order valence-electron chi connectivity index (χ1n) is 12.0. The largest absolute Gasteiger partial charge is 0.454 e. The normalized spacial score (nSPS) is 19.4. The molecule has 2 fully saturated rings. The average molecular weight is 487 g/mol. The zero-order chi connectivity index (χ0) is 24.4. The summed E-state index contributed by atoms with van der Waals surface area (Å²) in [5.74, 6) is -0.915. The van der Waals surface area contributed by atoms with Gasteiger partial charge in [-0.2, -0.15) is 0 Å². The fourth-order valence-corrected chi connectivity index (χ4v) is 5.13. The monoisotopic (exact) mass is 486 g/mol. The van der Waals surface area contributed by atoms with Crippen molar-refractivity contribution in [1.29, 1.82) is 0 Å². The fraction of sp³-hybridized carbons (Fsp3) is 0.462. The van der Waals surface area contributed by atoms with Crippen LogP contribution in [0.1, 0.15) is 41.6 Å². The van der Waals surface area contributed by atoms with E-state index in [1.807, 2.05) is 18.2 Å². The number of rotatable bonds is 5. The molecule has 3 aliphatic heterocycles. The topological polar surface area (TPSA) is 77.1 Å². The predicted molar refractivity (Wildman–Crippen MR) is 122 cm³/mol. The maximum atomic E-state index is 14.0. The smallest absolute Gasteiger partial charge is 0.256 e. The van der Waals surface area contributed by atoms with Crippen LogP contribution in [0.15, 0.2) is 36.4 Å². The van der Waals surface area contributed by atoms with Crippen molar-refractivity contribution >= 4 is 11.8 Å². The Kier molecular flexibility index (Phi) is 6.60. The number of hydrogen-bond acceptors (Lipinski definition) is 5. The van der Waals surface area contributed by atoms with E-state index in [0.29, 0.717) is 57.5 Å². The number of nitrogens with one attached hydrogen (secondary N) is 1. The number of fused-ring (bicyclic) bond motifs is 1. The van der Waals surface area contributed by atoms with Crippen LogP contribution in [0.5, 0.6) is 11.5 Å². The summed E-state index contributed by atoms with van der Waals surface area (Å²) < 4.78 is 43.8. The van der Waals surface area contributed by atoms with Gasteiger partial charge in [-0.3, -0.25) is 9.59 Å². The van der Waals surface area contributed by atoms with Crippen molar-refractivity contribution in [3.63, 3.8) is 0 Å². The van der Waals surface area contributed by atoms with Gasteiger partial charge in [-0.05, 0) is 55.5 Å². The lowest BCUT2D eigenvalue weighted by Gasteiger charge is -2.39. The van der Waals surface area contributed by atoms with Gasteiger partial charge in [0.1, 0.15) is 11.6 Å². The number of carbonyl (C=O) groups is 2. The maximum absolute atomic E-state index is 14.0. The molecule has 0 spiro atoms. The van der Waals surface area contributed by atoms with Gasteiger partial charge in [0.15, 0.2) is 11.5 Å². The molecule has 2 aromatic carbocycles. The van der Waals surface area contributed by atoms with Gasteiger partial charge in [-0.1, -0.05) is 6.07 Å². The zero-order valence-electron chi connectivity index (χ0n) is 19.4. The van der Waals surface area contributed by atoms with Crippen molar-refractivity contribution < 1.29 is 32.6 Å². The Balaban J connectivity index is 1.20. The summed E-state index contributed by atoms with van der Waals surface area (Å²) in [5, 5.41) is 3.15. The first-order chi connectivity index (χ1) is 16.9. The lowest BCUT2D eigenvalue weighted by molar-refractivity contribution is -0.126. The molecule has 0 saturated carbocycles. The average Bonchev–Trinajstić information content (AvgIpc) is 3.36. The van der Waals surface area contributed by atoms with Gasteiger partial charge in [0.05, 0.1) is 5.56 Å². The third kappa shape index (κ3) is 4.82. The minimum absolute atomic E-state index is 0.0447. The van der Waals surface area contributed by atoms with Crippen molar-refractivity contribution in [3.05, 3.63) is 59.2 Å². The number of carbonyl (C=O) groups excluding carboxylic acids is 2. The summed E-state index contributed by atoms with van der Waals surface area (Å²) in [4.78, 5) is 27.2. The van der Waals surface area contributed by atoms with E-state index in [1.165, 1.54) is 4.90 Å². The molecule has 0 radical (unpaired) electrons. The van der Waals surface area contributed by atoms with Gasteiger partial charge in [-0.25, -0.2) is 8.78 Å². The van der Waals surface area contributed by atoms with E-state index in [4.69, 9.17) is 14.2 Å². The molecule has 186 valence electrons. The van der Waals surface area contributed by atoms with E-state index < -0.39 is 17.5 Å². The number of ether oxygens (including phenoxy) is 3. The molecule has 2 amide bonds. The standard InChI is InChI=1S/C26H28F2N2O5/c27-19-2-3-20(21(28)14-19)25(32)30-9-5-17(6-10-30)24(31)29-15-26(7-11-33-12-8-26)18-1-4-22-23(13-18)35-16-34-22/h1-4,13-14,17H,5-12,15-16H2,(H,29,31). The number of amides is 2. The van der Waals surface area contributed by atoms with Crippen LogP contribution in [0.3, 0.4) is 0 Å². The molecule has 1 N–H and O–H groups in total. The summed E-state index contributed by atoms with van der Waals surface area (Å²) in [6.07, 6.45) is 2.53. The predicted octanol–water partition coefficient (Wildman–Crippen LogP) is 3.41. The first kappa shape index (κ1) is 23.5. The molecule has 2 saturated heterocycles. The third-order valence-corrected chi connectivity index (χ3v) is 7.35. The van der Waals surface area contributed by atoms with Gasteiger partial charge >= 0.3 is 0 Å². The molecule has 7 nitrogen and oxygen atoms in total. The van der Waals surface area contributed by atoms with Gasteiger partial charge in [0.2, 0.25) is 12.7 Å². The highest BCUT2D eigenvalue weighted by molar-refractivity contribution is 5.94. The highest BCUT2D eigenvalue weighted by Gasteiger charge is 2.37. The number of halogens is 2. The van der Waals surface area contributed by atoms with Crippen molar-refractivity contribution in [3.8, 4) is 11.5 Å². The first-order valence-corrected chi connectivity index (χ1v) is 12.0. The maximum Gasteiger partial charge on any atom is 0.256 e. The second kappa shape index (κ2) is 9.81. The fourth-order valence-electron chi connectivity index (χ4n) is 5.13. The molecule has 3 heterocycles. The molecule has 0 unspecified atom stereocenters. The molecule has 35 heavy (non-hydrogen) atoms. The van der Waals surface area contributed by atoms with E-state index in [-0.39, 0.29) is 29.6 Å². The summed E-state index contributed by atoms with van der Waals surface area (Å²) in [7, 11) is 0. The molecular weight excluding hydrogens is 458 g/mol. The van der Waals surface area contributed by atoms with Crippen LogP contribution >= 0.6 is 0 Å². The van der Waals surface area contributed by atoms with Crippen molar-refractivity contribution in [1.82, 2.24) is 10.2 Å². The van der Waals surface area contributed by atoms with Crippen LogP contribution in [0, 0.1) is 17.6 Å². The van der Waals surface area contributed by atoms with Gasteiger partial charge < -0.3 is 24.4 Å². The van der Waals surface area contributed by atoms with Crippen LogP contribution in [0.4, 0.5) is 8.78 Å². The highest BCUT2D eigenvalue weighted by atomic mass is 19.1. The van der Waals surface area contributed by atoms with Crippen molar-refractivity contribution in [2.24, 2.45) is 5.92 Å². The zero-order valence-corrected chi connectivity index (χ0v) is 19.4. The molecule has 5 rings (SSSR count). The third-order valence-electron chi connectivity index (χ3n) is 7.35.